The van der Waals surface area contributed by atoms with E-state index in [9.17, 15) is 4.79 Å². The minimum atomic E-state index is -0.207. The standard InChI is InChI=1S/C16H18N2O2/c1-2-12-6-5-7-13(10-12)18-16(19)11-20-15-9-4-3-8-14(15)17/h3-10H,2,11,17H2,1H3,(H,18,19). The summed E-state index contributed by atoms with van der Waals surface area (Å²) in [4.78, 5) is 11.8. The fourth-order valence-corrected chi connectivity index (χ4v) is 1.82. The Hall–Kier alpha value is -2.49. The molecule has 0 bridgehead atoms. The van der Waals surface area contributed by atoms with Crippen molar-refractivity contribution in [2.24, 2.45) is 0 Å². The van der Waals surface area contributed by atoms with E-state index in [1.54, 1.807) is 12.1 Å². The second-order valence-corrected chi connectivity index (χ2v) is 4.43. The number of nitrogen functional groups attached to an aromatic ring is 1. The van der Waals surface area contributed by atoms with Gasteiger partial charge in [0.05, 0.1) is 5.69 Å². The van der Waals surface area contributed by atoms with Crippen LogP contribution in [0, 0.1) is 0 Å². The molecule has 4 nitrogen and oxygen atoms in total. The number of benzene rings is 2. The second kappa shape index (κ2) is 6.61. The first kappa shape index (κ1) is 13.9. The number of amides is 1. The van der Waals surface area contributed by atoms with Gasteiger partial charge in [0.2, 0.25) is 0 Å². The maximum atomic E-state index is 11.8. The molecule has 0 aliphatic rings. The van der Waals surface area contributed by atoms with Crippen molar-refractivity contribution in [3.63, 3.8) is 0 Å². The molecule has 0 saturated heterocycles. The van der Waals surface area contributed by atoms with Gasteiger partial charge < -0.3 is 15.8 Å². The number of hydrogen-bond donors (Lipinski definition) is 2. The summed E-state index contributed by atoms with van der Waals surface area (Å²) in [5.74, 6) is 0.312. The molecule has 0 fully saturated rings. The van der Waals surface area contributed by atoms with Crippen molar-refractivity contribution < 1.29 is 9.53 Å². The van der Waals surface area contributed by atoms with Crippen LogP contribution in [0.5, 0.6) is 5.75 Å². The number of anilines is 2. The summed E-state index contributed by atoms with van der Waals surface area (Å²) < 4.78 is 5.39. The van der Waals surface area contributed by atoms with Crippen LogP contribution >= 0.6 is 0 Å². The van der Waals surface area contributed by atoms with E-state index in [0.717, 1.165) is 12.1 Å². The molecule has 104 valence electrons. The highest BCUT2D eigenvalue weighted by atomic mass is 16.5. The van der Waals surface area contributed by atoms with E-state index in [4.69, 9.17) is 10.5 Å². The fraction of sp³-hybridized carbons (Fsp3) is 0.188. The Morgan fingerprint density at radius 2 is 2.00 bits per heavy atom. The first-order chi connectivity index (χ1) is 9.69. The number of hydrogen-bond acceptors (Lipinski definition) is 3. The molecule has 0 spiro atoms. The van der Waals surface area contributed by atoms with E-state index >= 15 is 0 Å². The summed E-state index contributed by atoms with van der Waals surface area (Å²) in [6.07, 6.45) is 0.931. The molecule has 0 aliphatic carbocycles. The van der Waals surface area contributed by atoms with Gasteiger partial charge in [0.1, 0.15) is 5.75 Å². The fourth-order valence-electron chi connectivity index (χ4n) is 1.82. The maximum absolute atomic E-state index is 11.8. The quantitative estimate of drug-likeness (QED) is 0.821. The molecule has 2 aromatic carbocycles. The molecule has 0 radical (unpaired) electrons. The van der Waals surface area contributed by atoms with Gasteiger partial charge in [-0.3, -0.25) is 4.79 Å². The van der Waals surface area contributed by atoms with E-state index < -0.39 is 0 Å². The van der Waals surface area contributed by atoms with Crippen molar-refractivity contribution in [1.82, 2.24) is 0 Å². The first-order valence-corrected chi connectivity index (χ1v) is 6.55. The Bertz CT molecular complexity index is 597. The van der Waals surface area contributed by atoms with E-state index in [2.05, 4.69) is 12.2 Å². The van der Waals surface area contributed by atoms with Crippen molar-refractivity contribution in [1.29, 1.82) is 0 Å². The third-order valence-electron chi connectivity index (χ3n) is 2.90. The lowest BCUT2D eigenvalue weighted by molar-refractivity contribution is -0.118. The maximum Gasteiger partial charge on any atom is 0.262 e. The number of para-hydroxylation sites is 2. The Morgan fingerprint density at radius 1 is 1.20 bits per heavy atom. The average molecular weight is 270 g/mol. The number of carbonyl (C=O) groups is 1. The van der Waals surface area contributed by atoms with Gasteiger partial charge in [0.25, 0.3) is 5.91 Å². The van der Waals surface area contributed by atoms with Gasteiger partial charge in [-0.15, -0.1) is 0 Å². The van der Waals surface area contributed by atoms with Gasteiger partial charge >= 0.3 is 0 Å². The minimum Gasteiger partial charge on any atom is -0.482 e. The second-order valence-electron chi connectivity index (χ2n) is 4.43. The van der Waals surface area contributed by atoms with Gasteiger partial charge in [-0.2, -0.15) is 0 Å². The van der Waals surface area contributed by atoms with Crippen molar-refractivity contribution in [3.05, 3.63) is 54.1 Å². The SMILES string of the molecule is CCc1cccc(NC(=O)COc2ccccc2N)c1. The Morgan fingerprint density at radius 3 is 2.75 bits per heavy atom. The lowest BCUT2D eigenvalue weighted by Gasteiger charge is -2.09. The van der Waals surface area contributed by atoms with Crippen molar-refractivity contribution in [3.8, 4) is 5.75 Å². The molecular formula is C16H18N2O2. The number of aryl methyl sites for hydroxylation is 1. The third-order valence-corrected chi connectivity index (χ3v) is 2.90. The van der Waals surface area contributed by atoms with Gasteiger partial charge in [0.15, 0.2) is 6.61 Å². The molecule has 20 heavy (non-hydrogen) atoms. The molecule has 2 rings (SSSR count). The Kier molecular flexibility index (Phi) is 4.60. The summed E-state index contributed by atoms with van der Waals surface area (Å²) in [6.45, 7) is 2.01. The Labute approximate surface area is 118 Å². The molecule has 0 aliphatic heterocycles. The topological polar surface area (TPSA) is 64.3 Å². The normalized spacial score (nSPS) is 10.1. The minimum absolute atomic E-state index is 0.0649. The average Bonchev–Trinajstić information content (AvgIpc) is 2.46. The highest BCUT2D eigenvalue weighted by molar-refractivity contribution is 5.92. The molecule has 4 heteroatoms. The molecular weight excluding hydrogens is 252 g/mol. The van der Waals surface area contributed by atoms with Crippen LogP contribution in [0.3, 0.4) is 0 Å². The van der Waals surface area contributed by atoms with E-state index in [0.29, 0.717) is 11.4 Å². The van der Waals surface area contributed by atoms with Crippen molar-refractivity contribution in [2.75, 3.05) is 17.7 Å². The van der Waals surface area contributed by atoms with Crippen LogP contribution in [-0.2, 0) is 11.2 Å². The van der Waals surface area contributed by atoms with Gasteiger partial charge in [-0.25, -0.2) is 0 Å². The highest BCUT2D eigenvalue weighted by Crippen LogP contribution is 2.19. The molecule has 0 unspecified atom stereocenters. The van der Waals surface area contributed by atoms with Crippen LogP contribution in [0.4, 0.5) is 11.4 Å². The zero-order valence-electron chi connectivity index (χ0n) is 11.4. The molecule has 0 heterocycles. The molecule has 0 atom stereocenters. The van der Waals surface area contributed by atoms with Crippen LogP contribution in [0.2, 0.25) is 0 Å². The highest BCUT2D eigenvalue weighted by Gasteiger charge is 2.05. The van der Waals surface area contributed by atoms with Crippen LogP contribution in [0.15, 0.2) is 48.5 Å². The summed E-state index contributed by atoms with van der Waals surface area (Å²) in [5, 5.41) is 2.80. The lowest BCUT2D eigenvalue weighted by atomic mass is 10.1. The third kappa shape index (κ3) is 3.75. The predicted octanol–water partition coefficient (Wildman–Crippen LogP) is 2.85. The van der Waals surface area contributed by atoms with Gasteiger partial charge in [-0.1, -0.05) is 31.2 Å². The molecule has 0 saturated carbocycles. The smallest absolute Gasteiger partial charge is 0.262 e. The summed E-state index contributed by atoms with van der Waals surface area (Å²) in [7, 11) is 0. The zero-order valence-corrected chi connectivity index (χ0v) is 11.4. The monoisotopic (exact) mass is 270 g/mol. The number of carbonyl (C=O) groups excluding carboxylic acids is 1. The number of nitrogens with two attached hydrogens (primary N) is 1. The number of rotatable bonds is 5. The molecule has 2 aromatic rings. The van der Waals surface area contributed by atoms with Crippen molar-refractivity contribution in [2.45, 2.75) is 13.3 Å². The van der Waals surface area contributed by atoms with E-state index in [1.807, 2.05) is 36.4 Å². The van der Waals surface area contributed by atoms with Crippen molar-refractivity contribution >= 4 is 17.3 Å². The summed E-state index contributed by atoms with van der Waals surface area (Å²) in [6, 6.07) is 14.9. The largest absolute Gasteiger partial charge is 0.482 e. The van der Waals surface area contributed by atoms with Gasteiger partial charge in [-0.05, 0) is 36.2 Å². The van der Waals surface area contributed by atoms with Gasteiger partial charge in [0, 0.05) is 5.69 Å². The molecule has 3 N–H and O–H groups in total. The van der Waals surface area contributed by atoms with Crippen LogP contribution < -0.4 is 15.8 Å². The number of nitrogens with one attached hydrogen (secondary N) is 1. The van der Waals surface area contributed by atoms with Crippen LogP contribution in [0.25, 0.3) is 0 Å². The number of ether oxygens (including phenoxy) is 1. The Balaban J connectivity index is 1.91. The molecule has 1 amide bonds. The predicted molar refractivity (Wildman–Crippen MR) is 80.8 cm³/mol. The van der Waals surface area contributed by atoms with E-state index in [1.165, 1.54) is 5.56 Å². The summed E-state index contributed by atoms with van der Waals surface area (Å²) in [5.41, 5.74) is 8.22. The summed E-state index contributed by atoms with van der Waals surface area (Å²) >= 11 is 0. The van der Waals surface area contributed by atoms with Crippen LogP contribution in [0.1, 0.15) is 12.5 Å². The molecule has 0 aromatic heterocycles. The van der Waals surface area contributed by atoms with E-state index in [-0.39, 0.29) is 12.5 Å². The van der Waals surface area contributed by atoms with Crippen LogP contribution in [-0.4, -0.2) is 12.5 Å². The lowest BCUT2D eigenvalue weighted by Crippen LogP contribution is -2.20. The zero-order chi connectivity index (χ0) is 14.4. The first-order valence-electron chi connectivity index (χ1n) is 6.55.